The summed E-state index contributed by atoms with van der Waals surface area (Å²) in [6, 6.07) is 14.2. The van der Waals surface area contributed by atoms with E-state index in [-0.39, 0.29) is 18.1 Å². The van der Waals surface area contributed by atoms with Crippen LogP contribution in [0.3, 0.4) is 0 Å². The van der Waals surface area contributed by atoms with E-state index in [1.807, 2.05) is 0 Å². The monoisotopic (exact) mass is 391 g/mol. The molecule has 0 saturated heterocycles. The van der Waals surface area contributed by atoms with Crippen LogP contribution in [0.4, 0.5) is 4.39 Å². The van der Waals surface area contributed by atoms with Crippen molar-refractivity contribution in [3.8, 4) is 11.3 Å². The molecule has 0 radical (unpaired) electrons. The van der Waals surface area contributed by atoms with Crippen molar-refractivity contribution >= 4 is 21.6 Å². The van der Waals surface area contributed by atoms with E-state index in [0.29, 0.717) is 22.0 Å². The number of halogens is 2. The summed E-state index contributed by atoms with van der Waals surface area (Å²) < 4.78 is 40.0. The molecule has 0 aliphatic heterocycles. The number of rotatable bonds is 6. The van der Waals surface area contributed by atoms with E-state index in [4.69, 9.17) is 11.6 Å². The van der Waals surface area contributed by atoms with Gasteiger partial charge in [-0.3, -0.25) is 0 Å². The van der Waals surface area contributed by atoms with Gasteiger partial charge in [0, 0.05) is 10.6 Å². The minimum Gasteiger partial charge on any atom is -0.240 e. The smallest absolute Gasteiger partial charge is 0.216 e. The molecule has 3 rings (SSSR count). The van der Waals surface area contributed by atoms with Crippen LogP contribution in [0.2, 0.25) is 5.02 Å². The predicted molar refractivity (Wildman–Crippen MR) is 98.3 cm³/mol. The van der Waals surface area contributed by atoms with Gasteiger partial charge >= 0.3 is 0 Å². The van der Waals surface area contributed by atoms with Gasteiger partial charge in [-0.15, -0.1) is 0 Å². The molecular formula is C18H15ClFN3O2S. The molecule has 2 aromatic carbocycles. The molecule has 0 bridgehead atoms. The number of nitrogens with one attached hydrogen (secondary N) is 1. The fourth-order valence-electron chi connectivity index (χ4n) is 2.31. The summed E-state index contributed by atoms with van der Waals surface area (Å²) in [7, 11) is -3.53. The topological polar surface area (TPSA) is 72.0 Å². The number of hydrogen-bond donors (Lipinski definition) is 1. The van der Waals surface area contributed by atoms with Gasteiger partial charge in [0.05, 0.1) is 23.7 Å². The van der Waals surface area contributed by atoms with Crippen LogP contribution in [0.25, 0.3) is 11.3 Å². The second kappa shape index (κ2) is 7.90. The Labute approximate surface area is 155 Å². The van der Waals surface area contributed by atoms with Crippen molar-refractivity contribution in [2.75, 3.05) is 0 Å². The Kier molecular flexibility index (Phi) is 5.61. The Morgan fingerprint density at radius 1 is 1.00 bits per heavy atom. The zero-order valence-corrected chi connectivity index (χ0v) is 15.1. The highest BCUT2D eigenvalue weighted by Gasteiger charge is 2.12. The lowest BCUT2D eigenvalue weighted by Gasteiger charge is -2.08. The summed E-state index contributed by atoms with van der Waals surface area (Å²) >= 11 is 5.80. The average molecular weight is 392 g/mol. The quantitative estimate of drug-likeness (QED) is 0.697. The third-order valence-corrected chi connectivity index (χ3v) is 5.16. The average Bonchev–Trinajstić information content (AvgIpc) is 2.63. The van der Waals surface area contributed by atoms with E-state index >= 15 is 0 Å². The maximum atomic E-state index is 13.0. The summed E-state index contributed by atoms with van der Waals surface area (Å²) in [6.45, 7) is 0.0344. The van der Waals surface area contributed by atoms with E-state index in [9.17, 15) is 12.8 Å². The summed E-state index contributed by atoms with van der Waals surface area (Å²) in [5.41, 5.74) is 2.46. The standard InChI is InChI=1S/C18H15ClFN3O2S/c19-15-5-1-13(2-6-15)11-26(24,25)23-10-17-9-18(22-12-21-17)14-3-7-16(20)8-4-14/h1-9,12,23H,10-11H2. The Hall–Kier alpha value is -2.35. The summed E-state index contributed by atoms with van der Waals surface area (Å²) in [4.78, 5) is 8.21. The lowest BCUT2D eigenvalue weighted by Crippen LogP contribution is -2.25. The van der Waals surface area contributed by atoms with Crippen molar-refractivity contribution in [1.82, 2.24) is 14.7 Å². The molecule has 0 amide bonds. The molecule has 0 unspecified atom stereocenters. The zero-order chi connectivity index (χ0) is 18.6. The number of nitrogens with zero attached hydrogens (tertiary/aromatic N) is 2. The largest absolute Gasteiger partial charge is 0.240 e. The van der Waals surface area contributed by atoms with Crippen molar-refractivity contribution in [3.63, 3.8) is 0 Å². The second-order valence-corrected chi connectivity index (χ2v) is 7.85. The van der Waals surface area contributed by atoms with Gasteiger partial charge in [0.1, 0.15) is 12.1 Å². The van der Waals surface area contributed by atoms with Gasteiger partial charge in [-0.2, -0.15) is 0 Å². The molecule has 1 heterocycles. The van der Waals surface area contributed by atoms with Gasteiger partial charge in [-0.05, 0) is 48.0 Å². The molecule has 0 atom stereocenters. The van der Waals surface area contributed by atoms with Crippen LogP contribution in [0.15, 0.2) is 60.9 Å². The molecular weight excluding hydrogens is 377 g/mol. The highest BCUT2D eigenvalue weighted by Crippen LogP contribution is 2.17. The first-order valence-corrected chi connectivity index (χ1v) is 9.73. The number of aromatic nitrogens is 2. The minimum atomic E-state index is -3.53. The summed E-state index contributed by atoms with van der Waals surface area (Å²) in [5, 5.41) is 0.549. The number of hydrogen-bond acceptors (Lipinski definition) is 4. The molecule has 0 saturated carbocycles. The van der Waals surface area contributed by atoms with E-state index in [0.717, 1.165) is 5.56 Å². The van der Waals surface area contributed by atoms with Gasteiger partial charge in [0.25, 0.3) is 0 Å². The molecule has 26 heavy (non-hydrogen) atoms. The third-order valence-electron chi connectivity index (χ3n) is 3.61. The Morgan fingerprint density at radius 2 is 1.69 bits per heavy atom. The van der Waals surface area contributed by atoms with Gasteiger partial charge in [0.15, 0.2) is 0 Å². The molecule has 0 aliphatic carbocycles. The van der Waals surface area contributed by atoms with E-state index in [1.165, 1.54) is 18.5 Å². The van der Waals surface area contributed by atoms with Crippen LogP contribution >= 0.6 is 11.6 Å². The Bertz CT molecular complexity index is 994. The molecule has 3 aromatic rings. The molecule has 0 fully saturated rings. The first kappa shape index (κ1) is 18.4. The predicted octanol–water partition coefficient (Wildman–Crippen LogP) is 3.56. The van der Waals surface area contributed by atoms with Gasteiger partial charge < -0.3 is 0 Å². The third kappa shape index (κ3) is 5.08. The van der Waals surface area contributed by atoms with Crippen LogP contribution in [0.1, 0.15) is 11.3 Å². The SMILES string of the molecule is O=S(=O)(Cc1ccc(Cl)cc1)NCc1cc(-c2ccc(F)cc2)ncn1. The molecule has 8 heteroatoms. The van der Waals surface area contributed by atoms with Crippen molar-refractivity contribution in [2.24, 2.45) is 0 Å². The highest BCUT2D eigenvalue weighted by atomic mass is 35.5. The molecule has 5 nitrogen and oxygen atoms in total. The van der Waals surface area contributed by atoms with Crippen molar-refractivity contribution in [1.29, 1.82) is 0 Å². The fourth-order valence-corrected chi connectivity index (χ4v) is 3.53. The van der Waals surface area contributed by atoms with Crippen LogP contribution in [0, 0.1) is 5.82 Å². The molecule has 134 valence electrons. The van der Waals surface area contributed by atoms with Gasteiger partial charge in [-0.25, -0.2) is 27.5 Å². The molecule has 1 N–H and O–H groups in total. The van der Waals surface area contributed by atoms with Crippen LogP contribution in [-0.4, -0.2) is 18.4 Å². The lowest BCUT2D eigenvalue weighted by molar-refractivity contribution is 0.579. The molecule has 0 aliphatic rings. The number of benzene rings is 2. The Morgan fingerprint density at radius 3 is 2.38 bits per heavy atom. The maximum absolute atomic E-state index is 13.0. The summed E-state index contributed by atoms with van der Waals surface area (Å²) in [5.74, 6) is -0.488. The van der Waals surface area contributed by atoms with Gasteiger partial charge in [0.2, 0.25) is 10.0 Å². The van der Waals surface area contributed by atoms with E-state index < -0.39 is 10.0 Å². The van der Waals surface area contributed by atoms with Crippen LogP contribution in [-0.2, 0) is 22.3 Å². The summed E-state index contributed by atoms with van der Waals surface area (Å²) in [6.07, 6.45) is 1.35. The number of sulfonamides is 1. The van der Waals surface area contributed by atoms with Gasteiger partial charge in [-0.1, -0.05) is 23.7 Å². The Balaban J connectivity index is 1.68. The second-order valence-electron chi connectivity index (χ2n) is 5.61. The van der Waals surface area contributed by atoms with Crippen molar-refractivity contribution < 1.29 is 12.8 Å². The lowest BCUT2D eigenvalue weighted by atomic mass is 10.1. The fraction of sp³-hybridized carbons (Fsp3) is 0.111. The van der Waals surface area contributed by atoms with E-state index in [1.54, 1.807) is 42.5 Å². The van der Waals surface area contributed by atoms with Crippen LogP contribution < -0.4 is 4.72 Å². The van der Waals surface area contributed by atoms with Crippen molar-refractivity contribution in [2.45, 2.75) is 12.3 Å². The maximum Gasteiger partial charge on any atom is 0.216 e. The van der Waals surface area contributed by atoms with E-state index in [2.05, 4.69) is 14.7 Å². The molecule has 0 spiro atoms. The van der Waals surface area contributed by atoms with Crippen molar-refractivity contribution in [3.05, 3.63) is 83.0 Å². The molecule has 1 aromatic heterocycles. The first-order valence-electron chi connectivity index (χ1n) is 7.70. The normalized spacial score (nSPS) is 11.5. The van der Waals surface area contributed by atoms with Crippen LogP contribution in [0.5, 0.6) is 0 Å². The zero-order valence-electron chi connectivity index (χ0n) is 13.6. The first-order chi connectivity index (χ1) is 12.4. The highest BCUT2D eigenvalue weighted by molar-refractivity contribution is 7.88. The minimum absolute atomic E-state index is 0.0344.